The molecule has 1 saturated heterocycles. The molecule has 2 amide bonds. The van der Waals surface area contributed by atoms with E-state index in [0.717, 1.165) is 12.1 Å². The third-order valence-electron chi connectivity index (χ3n) is 4.08. The lowest BCUT2D eigenvalue weighted by atomic mass is 10.1. The molecule has 1 aliphatic rings. The maximum absolute atomic E-state index is 13.4. The summed E-state index contributed by atoms with van der Waals surface area (Å²) in [6.07, 6.45) is 0. The van der Waals surface area contributed by atoms with Crippen molar-refractivity contribution in [2.24, 2.45) is 0 Å². The molecule has 2 aromatic rings. The van der Waals surface area contributed by atoms with E-state index in [1.807, 2.05) is 0 Å². The summed E-state index contributed by atoms with van der Waals surface area (Å²) in [5.74, 6) is -2.53. The van der Waals surface area contributed by atoms with Crippen molar-refractivity contribution in [2.75, 3.05) is 18.0 Å². The fourth-order valence-electron chi connectivity index (χ4n) is 2.86. The minimum absolute atomic E-state index is 0.117. The van der Waals surface area contributed by atoms with Gasteiger partial charge < -0.3 is 9.80 Å². The smallest absolute Gasteiger partial charge is 0.254 e. The Labute approximate surface area is 148 Å². The van der Waals surface area contributed by atoms with Crippen molar-refractivity contribution in [3.05, 3.63) is 64.7 Å². The third kappa shape index (κ3) is 3.64. The van der Waals surface area contributed by atoms with Crippen molar-refractivity contribution in [2.45, 2.75) is 13.0 Å². The van der Waals surface area contributed by atoms with E-state index >= 15 is 0 Å². The molecule has 0 aromatic heterocycles. The molecule has 25 heavy (non-hydrogen) atoms. The van der Waals surface area contributed by atoms with Crippen molar-refractivity contribution >= 4 is 29.1 Å². The first kappa shape index (κ1) is 17.4. The van der Waals surface area contributed by atoms with Gasteiger partial charge >= 0.3 is 0 Å². The van der Waals surface area contributed by atoms with Crippen LogP contribution in [0.1, 0.15) is 17.3 Å². The maximum Gasteiger partial charge on any atom is 0.254 e. The average molecular weight is 365 g/mol. The van der Waals surface area contributed by atoms with Crippen molar-refractivity contribution < 1.29 is 18.4 Å². The highest BCUT2D eigenvalue weighted by molar-refractivity contribution is 6.30. The summed E-state index contributed by atoms with van der Waals surface area (Å²) >= 11 is 5.96. The number of anilines is 1. The largest absolute Gasteiger partial charge is 0.325 e. The summed E-state index contributed by atoms with van der Waals surface area (Å²) < 4.78 is 26.7. The Hall–Kier alpha value is -2.47. The van der Waals surface area contributed by atoms with Crippen LogP contribution in [0.4, 0.5) is 14.5 Å². The Kier molecular flexibility index (Phi) is 4.72. The van der Waals surface area contributed by atoms with Gasteiger partial charge in [-0.25, -0.2) is 8.78 Å². The standard InChI is InChI=1S/C18H15ClF2N2O2/c1-11-9-23(16-4-2-3-13(19)7-16)17(24)10-22(11)18(25)12-5-14(20)8-15(21)6-12/h2-8,11H,9-10H2,1H3/t11-/m1/s1. The molecule has 4 nitrogen and oxygen atoms in total. The number of amides is 2. The van der Waals surface area contributed by atoms with Crippen LogP contribution >= 0.6 is 11.6 Å². The molecule has 0 radical (unpaired) electrons. The van der Waals surface area contributed by atoms with Crippen LogP contribution in [0.2, 0.25) is 5.02 Å². The highest BCUT2D eigenvalue weighted by Gasteiger charge is 2.34. The Morgan fingerprint density at radius 1 is 1.16 bits per heavy atom. The Morgan fingerprint density at radius 2 is 1.84 bits per heavy atom. The normalized spacial score (nSPS) is 17.8. The van der Waals surface area contributed by atoms with Crippen LogP contribution in [0.5, 0.6) is 0 Å². The molecule has 130 valence electrons. The molecule has 2 aromatic carbocycles. The highest BCUT2D eigenvalue weighted by Crippen LogP contribution is 2.24. The van der Waals surface area contributed by atoms with Crippen molar-refractivity contribution in [3.63, 3.8) is 0 Å². The molecule has 1 heterocycles. The predicted molar refractivity (Wildman–Crippen MR) is 90.7 cm³/mol. The molecule has 0 bridgehead atoms. The molecule has 1 fully saturated rings. The Balaban J connectivity index is 1.82. The first-order valence-corrected chi connectivity index (χ1v) is 8.06. The van der Waals surface area contributed by atoms with Crippen LogP contribution in [-0.2, 0) is 4.79 Å². The van der Waals surface area contributed by atoms with Crippen molar-refractivity contribution in [1.82, 2.24) is 4.90 Å². The zero-order chi connectivity index (χ0) is 18.1. The molecule has 0 spiro atoms. The number of nitrogens with zero attached hydrogens (tertiary/aromatic N) is 2. The minimum Gasteiger partial charge on any atom is -0.325 e. The summed E-state index contributed by atoms with van der Waals surface area (Å²) in [7, 11) is 0. The number of carbonyl (C=O) groups excluding carboxylic acids is 2. The lowest BCUT2D eigenvalue weighted by Gasteiger charge is -2.39. The molecule has 0 aliphatic carbocycles. The van der Waals surface area contributed by atoms with E-state index in [2.05, 4.69) is 0 Å². The van der Waals surface area contributed by atoms with E-state index in [-0.39, 0.29) is 30.6 Å². The SMILES string of the molecule is C[C@@H]1CN(c2cccc(Cl)c2)C(=O)CN1C(=O)c1cc(F)cc(F)c1. The number of benzene rings is 2. The molecular formula is C18H15ClF2N2O2. The number of piperazine rings is 1. The van der Waals surface area contributed by atoms with Crippen LogP contribution in [0.3, 0.4) is 0 Å². The van der Waals surface area contributed by atoms with Gasteiger partial charge in [0, 0.05) is 34.9 Å². The topological polar surface area (TPSA) is 40.6 Å². The van der Waals surface area contributed by atoms with Gasteiger partial charge in [0.05, 0.1) is 0 Å². The first-order chi connectivity index (χ1) is 11.8. The summed E-state index contributed by atoms with van der Waals surface area (Å²) in [6, 6.07) is 9.18. The first-order valence-electron chi connectivity index (χ1n) is 7.68. The fraction of sp³-hybridized carbons (Fsp3) is 0.222. The second-order valence-electron chi connectivity index (χ2n) is 5.92. The highest BCUT2D eigenvalue weighted by atomic mass is 35.5. The molecule has 7 heteroatoms. The number of hydrogen-bond acceptors (Lipinski definition) is 2. The molecule has 0 N–H and O–H groups in total. The van der Waals surface area contributed by atoms with Gasteiger partial charge in [-0.2, -0.15) is 0 Å². The van der Waals surface area contributed by atoms with E-state index in [9.17, 15) is 18.4 Å². The Bertz CT molecular complexity index is 823. The van der Waals surface area contributed by atoms with Gasteiger partial charge in [-0.1, -0.05) is 17.7 Å². The lowest BCUT2D eigenvalue weighted by Crippen LogP contribution is -2.57. The maximum atomic E-state index is 13.4. The van der Waals surface area contributed by atoms with Gasteiger partial charge in [0.1, 0.15) is 18.2 Å². The van der Waals surface area contributed by atoms with E-state index in [4.69, 9.17) is 11.6 Å². The van der Waals surface area contributed by atoms with Crippen LogP contribution in [-0.4, -0.2) is 35.8 Å². The summed E-state index contributed by atoms with van der Waals surface area (Å²) in [5.41, 5.74) is 0.529. The number of halogens is 3. The number of rotatable bonds is 2. The second-order valence-corrected chi connectivity index (χ2v) is 6.36. The Morgan fingerprint density at radius 3 is 2.48 bits per heavy atom. The predicted octanol–water partition coefficient (Wildman–Crippen LogP) is 3.50. The number of hydrogen-bond donors (Lipinski definition) is 0. The van der Waals surface area contributed by atoms with Crippen molar-refractivity contribution in [1.29, 1.82) is 0 Å². The fourth-order valence-corrected chi connectivity index (χ4v) is 3.04. The van der Waals surface area contributed by atoms with Gasteiger partial charge in [-0.05, 0) is 37.3 Å². The molecule has 1 aliphatic heterocycles. The summed E-state index contributed by atoms with van der Waals surface area (Å²) in [4.78, 5) is 27.9. The third-order valence-corrected chi connectivity index (χ3v) is 4.31. The van der Waals surface area contributed by atoms with Crippen LogP contribution in [0.15, 0.2) is 42.5 Å². The monoisotopic (exact) mass is 364 g/mol. The molecular weight excluding hydrogens is 350 g/mol. The van der Waals surface area contributed by atoms with Crippen LogP contribution in [0.25, 0.3) is 0 Å². The second kappa shape index (κ2) is 6.80. The van der Waals surface area contributed by atoms with Gasteiger partial charge in [0.2, 0.25) is 5.91 Å². The quantitative estimate of drug-likeness (QED) is 0.818. The van der Waals surface area contributed by atoms with E-state index in [1.165, 1.54) is 4.90 Å². The molecule has 0 saturated carbocycles. The van der Waals surface area contributed by atoms with Crippen molar-refractivity contribution in [3.8, 4) is 0 Å². The van der Waals surface area contributed by atoms with Crippen LogP contribution < -0.4 is 4.90 Å². The molecule has 3 rings (SSSR count). The van der Waals surface area contributed by atoms with E-state index in [0.29, 0.717) is 16.8 Å². The van der Waals surface area contributed by atoms with Gasteiger partial charge in [-0.3, -0.25) is 9.59 Å². The number of carbonyl (C=O) groups is 2. The summed E-state index contributed by atoms with van der Waals surface area (Å²) in [5, 5.41) is 0.506. The average Bonchev–Trinajstić information content (AvgIpc) is 2.55. The lowest BCUT2D eigenvalue weighted by molar-refractivity contribution is -0.121. The van der Waals surface area contributed by atoms with Gasteiger partial charge in [0.15, 0.2) is 0 Å². The minimum atomic E-state index is -0.833. The van der Waals surface area contributed by atoms with Gasteiger partial charge in [-0.15, -0.1) is 0 Å². The van der Waals surface area contributed by atoms with Gasteiger partial charge in [0.25, 0.3) is 5.91 Å². The molecule has 0 unspecified atom stereocenters. The van der Waals surface area contributed by atoms with Crippen LogP contribution in [0, 0.1) is 11.6 Å². The van der Waals surface area contributed by atoms with E-state index < -0.39 is 17.5 Å². The molecule has 1 atom stereocenters. The van der Waals surface area contributed by atoms with E-state index in [1.54, 1.807) is 36.1 Å². The zero-order valence-corrected chi connectivity index (χ0v) is 14.1. The summed E-state index contributed by atoms with van der Waals surface area (Å²) in [6.45, 7) is 1.87. The zero-order valence-electron chi connectivity index (χ0n) is 13.4.